The van der Waals surface area contributed by atoms with Crippen LogP contribution in [0.3, 0.4) is 0 Å². The van der Waals surface area contributed by atoms with Crippen LogP contribution >= 0.6 is 0 Å². The highest BCUT2D eigenvalue weighted by Gasteiger charge is 2.54. The lowest BCUT2D eigenvalue weighted by Gasteiger charge is -2.15. The highest BCUT2D eigenvalue weighted by atomic mass is 19.1. The molecule has 11 heteroatoms. The first-order valence-electron chi connectivity index (χ1n) is 14.9. The van der Waals surface area contributed by atoms with Crippen LogP contribution in [-0.2, 0) is 32.0 Å². The van der Waals surface area contributed by atoms with Crippen molar-refractivity contribution in [1.29, 1.82) is 0 Å². The highest BCUT2D eigenvalue weighted by molar-refractivity contribution is 6.11. The molecular formula is C35H34F2N2O7. The van der Waals surface area contributed by atoms with Crippen molar-refractivity contribution in [3.63, 3.8) is 0 Å². The molecule has 0 radical (unpaired) electrons. The molecule has 0 amide bonds. The number of ether oxygens (including phenoxy) is 4. The van der Waals surface area contributed by atoms with E-state index in [2.05, 4.69) is 15.0 Å². The maximum Gasteiger partial charge on any atom is 0.319 e. The number of carbonyl (C=O) groups excluding carboxylic acids is 3. The zero-order valence-electron chi connectivity index (χ0n) is 25.6. The molecule has 9 nitrogen and oxygen atoms in total. The fraction of sp³-hybridized carbons (Fsp3) is 0.314. The molecule has 1 saturated carbocycles. The maximum absolute atomic E-state index is 15.3. The summed E-state index contributed by atoms with van der Waals surface area (Å²) in [4.78, 5) is 41.7. The van der Waals surface area contributed by atoms with Crippen molar-refractivity contribution in [1.82, 2.24) is 10.3 Å². The van der Waals surface area contributed by atoms with Crippen molar-refractivity contribution < 1.29 is 42.1 Å². The molecule has 240 valence electrons. The van der Waals surface area contributed by atoms with E-state index in [-0.39, 0.29) is 42.7 Å². The minimum atomic E-state index is -1.07. The van der Waals surface area contributed by atoms with Gasteiger partial charge in [-0.15, -0.1) is 0 Å². The Labute approximate surface area is 264 Å². The number of hydrogen-bond donors (Lipinski definition) is 1. The number of methoxy groups -OCH3 is 2. The molecule has 0 bridgehead atoms. The summed E-state index contributed by atoms with van der Waals surface area (Å²) in [5.41, 5.74) is 0.544. The van der Waals surface area contributed by atoms with E-state index in [1.165, 1.54) is 56.8 Å². The average Bonchev–Trinajstić information content (AvgIpc) is 3.87. The zero-order chi connectivity index (χ0) is 32.7. The molecule has 5 rings (SSSR count). The van der Waals surface area contributed by atoms with E-state index in [0.717, 1.165) is 0 Å². The van der Waals surface area contributed by atoms with Crippen LogP contribution in [0.1, 0.15) is 30.4 Å². The zero-order valence-corrected chi connectivity index (χ0v) is 25.6. The molecule has 1 aromatic heterocycles. The number of rotatable bonds is 16. The third kappa shape index (κ3) is 7.66. The Morgan fingerprint density at radius 2 is 1.57 bits per heavy atom. The first-order chi connectivity index (χ1) is 22.2. The summed E-state index contributed by atoms with van der Waals surface area (Å²) >= 11 is 0. The monoisotopic (exact) mass is 632 g/mol. The topological polar surface area (TPSA) is 113 Å². The normalized spacial score (nSPS) is 13.2. The second-order valence-corrected chi connectivity index (χ2v) is 11.1. The van der Waals surface area contributed by atoms with Gasteiger partial charge in [0.1, 0.15) is 11.6 Å². The predicted molar refractivity (Wildman–Crippen MR) is 165 cm³/mol. The summed E-state index contributed by atoms with van der Waals surface area (Å²) < 4.78 is 50.4. The molecule has 0 saturated heterocycles. The predicted octanol–water partition coefficient (Wildman–Crippen LogP) is 5.55. The Morgan fingerprint density at radius 3 is 2.24 bits per heavy atom. The Bertz CT molecular complexity index is 1740. The molecular weight excluding hydrogens is 598 g/mol. The number of carbonyl (C=O) groups is 3. The van der Waals surface area contributed by atoms with E-state index < -0.39 is 17.0 Å². The van der Waals surface area contributed by atoms with Crippen molar-refractivity contribution in [2.75, 3.05) is 33.9 Å². The number of benzene rings is 3. The lowest BCUT2D eigenvalue weighted by Crippen LogP contribution is -2.28. The van der Waals surface area contributed by atoms with Gasteiger partial charge in [-0.25, -0.2) is 8.78 Å². The first kappa shape index (κ1) is 32.5. The summed E-state index contributed by atoms with van der Waals surface area (Å²) in [5.74, 6) is -0.657. The van der Waals surface area contributed by atoms with Gasteiger partial charge in [-0.1, -0.05) is 18.2 Å². The van der Waals surface area contributed by atoms with Gasteiger partial charge in [0.2, 0.25) is 0 Å². The van der Waals surface area contributed by atoms with Crippen LogP contribution in [0.5, 0.6) is 23.0 Å². The second-order valence-electron chi connectivity index (χ2n) is 11.1. The van der Waals surface area contributed by atoms with E-state index in [1.807, 2.05) is 0 Å². The molecule has 1 aliphatic carbocycles. The molecule has 0 aliphatic heterocycles. The van der Waals surface area contributed by atoms with E-state index >= 15 is 4.39 Å². The van der Waals surface area contributed by atoms with Crippen LogP contribution in [0.4, 0.5) is 8.78 Å². The number of fused-ring (bicyclic) bond motifs is 1. The van der Waals surface area contributed by atoms with Crippen LogP contribution < -0.4 is 19.5 Å². The van der Waals surface area contributed by atoms with Gasteiger partial charge in [0, 0.05) is 30.5 Å². The lowest BCUT2D eigenvalue weighted by molar-refractivity contribution is -0.139. The fourth-order valence-corrected chi connectivity index (χ4v) is 5.14. The number of esters is 1. The molecule has 3 aromatic carbocycles. The number of aromatic nitrogens is 1. The van der Waals surface area contributed by atoms with Crippen molar-refractivity contribution >= 4 is 28.4 Å². The first-order valence-corrected chi connectivity index (χ1v) is 14.9. The van der Waals surface area contributed by atoms with Gasteiger partial charge in [-0.2, -0.15) is 0 Å². The molecule has 46 heavy (non-hydrogen) atoms. The molecule has 0 unspecified atom stereocenters. The van der Waals surface area contributed by atoms with Gasteiger partial charge in [0.25, 0.3) is 0 Å². The Morgan fingerprint density at radius 1 is 0.848 bits per heavy atom. The smallest absolute Gasteiger partial charge is 0.319 e. The number of nitrogens with zero attached hydrogens (tertiary/aromatic N) is 1. The van der Waals surface area contributed by atoms with Crippen LogP contribution in [0.15, 0.2) is 66.9 Å². The maximum atomic E-state index is 15.3. The minimum Gasteiger partial charge on any atom is -0.493 e. The average molecular weight is 633 g/mol. The number of ketones is 2. The van der Waals surface area contributed by atoms with Gasteiger partial charge in [-0.3, -0.25) is 19.4 Å². The molecule has 1 heterocycles. The Hall–Kier alpha value is -4.90. The molecule has 4 aromatic rings. The molecule has 1 N–H and O–H groups in total. The Kier molecular flexibility index (Phi) is 10.2. The number of halogens is 2. The quantitative estimate of drug-likeness (QED) is 0.0965. The number of hydrogen-bond acceptors (Lipinski definition) is 9. The molecule has 1 fully saturated rings. The molecule has 0 atom stereocenters. The summed E-state index contributed by atoms with van der Waals surface area (Å²) in [6.07, 6.45) is 3.02. The highest BCUT2D eigenvalue weighted by Crippen LogP contribution is 2.49. The van der Waals surface area contributed by atoms with E-state index in [1.54, 1.807) is 24.3 Å². The van der Waals surface area contributed by atoms with E-state index in [4.69, 9.17) is 14.2 Å². The summed E-state index contributed by atoms with van der Waals surface area (Å²) in [7, 11) is 2.83. The van der Waals surface area contributed by atoms with E-state index in [9.17, 15) is 18.8 Å². The van der Waals surface area contributed by atoms with Crippen molar-refractivity contribution in [2.45, 2.75) is 32.1 Å². The SMILES string of the molecule is COC(=O)CNCCCOc1cc2nccc(Oc3ccc(CC(=O)C4(C(=O)Cc5ccc(F)cc5)CC4)cc3F)c2cc1OC. The third-order valence-corrected chi connectivity index (χ3v) is 7.92. The Balaban J connectivity index is 1.23. The van der Waals surface area contributed by atoms with Crippen molar-refractivity contribution in [3.05, 3.63) is 89.6 Å². The number of nitrogens with one attached hydrogen (secondary N) is 1. The van der Waals surface area contributed by atoms with Gasteiger partial charge in [0.15, 0.2) is 34.6 Å². The van der Waals surface area contributed by atoms with Crippen LogP contribution in [0.25, 0.3) is 10.9 Å². The summed E-state index contributed by atoms with van der Waals surface area (Å²) in [5, 5.41) is 3.54. The standard InChI is InChI=1S/C35H34F2N2O7/c1-43-30-19-25-27(20-31(30)45-15-3-13-38-21-34(42)44-2)39-14-10-28(25)46-29-9-6-23(16-26(29)37)18-33(41)35(11-12-35)32(40)17-22-4-7-24(36)8-5-22/h4-10,14,16,19-20,38H,3,11-13,15,17-18,21H2,1-2H3. The van der Waals surface area contributed by atoms with Gasteiger partial charge >= 0.3 is 5.97 Å². The molecule has 1 aliphatic rings. The van der Waals surface area contributed by atoms with Gasteiger partial charge in [-0.05, 0) is 73.3 Å². The van der Waals surface area contributed by atoms with Gasteiger partial charge < -0.3 is 24.3 Å². The van der Waals surface area contributed by atoms with E-state index in [0.29, 0.717) is 71.7 Å². The van der Waals surface area contributed by atoms with Crippen molar-refractivity contribution in [2.24, 2.45) is 5.41 Å². The van der Waals surface area contributed by atoms with Crippen LogP contribution in [0.2, 0.25) is 0 Å². The second kappa shape index (κ2) is 14.5. The van der Waals surface area contributed by atoms with Gasteiger partial charge in [0.05, 0.1) is 38.3 Å². The van der Waals surface area contributed by atoms with Crippen LogP contribution in [0, 0.1) is 17.0 Å². The number of Topliss-reactive ketones (excluding diaryl/α,β-unsaturated/α-hetero) is 2. The number of pyridine rings is 1. The summed E-state index contributed by atoms with van der Waals surface area (Å²) in [6, 6.07) is 15.0. The summed E-state index contributed by atoms with van der Waals surface area (Å²) in [6.45, 7) is 1.03. The fourth-order valence-electron chi connectivity index (χ4n) is 5.14. The van der Waals surface area contributed by atoms with Crippen LogP contribution in [-0.4, -0.2) is 56.4 Å². The largest absolute Gasteiger partial charge is 0.493 e. The molecule has 0 spiro atoms. The minimum absolute atomic E-state index is 0.0431. The lowest BCUT2D eigenvalue weighted by atomic mass is 9.88. The third-order valence-electron chi connectivity index (χ3n) is 7.92. The van der Waals surface area contributed by atoms with Crippen molar-refractivity contribution in [3.8, 4) is 23.0 Å².